The Hall–Kier alpha value is -4.06. The number of benzene rings is 2. The molecule has 0 unspecified atom stereocenters. The molecule has 0 saturated carbocycles. The molecule has 0 atom stereocenters. The van der Waals surface area contributed by atoms with E-state index in [2.05, 4.69) is 36.6 Å². The van der Waals surface area contributed by atoms with Crippen molar-refractivity contribution in [3.05, 3.63) is 93.5 Å². The van der Waals surface area contributed by atoms with E-state index in [0.717, 1.165) is 22.6 Å². The number of esters is 1. The lowest BCUT2D eigenvalue weighted by Crippen LogP contribution is -2.24. The van der Waals surface area contributed by atoms with Crippen LogP contribution in [0, 0.1) is 27.7 Å². The molecule has 1 aliphatic rings. The molecule has 0 aliphatic carbocycles. The Kier molecular flexibility index (Phi) is 6.88. The third-order valence-corrected chi connectivity index (χ3v) is 6.57. The van der Waals surface area contributed by atoms with Gasteiger partial charge in [0.25, 0.3) is 5.91 Å². The molecule has 6 nitrogen and oxygen atoms in total. The van der Waals surface area contributed by atoms with E-state index in [1.165, 1.54) is 11.1 Å². The third-order valence-electron chi connectivity index (χ3n) is 6.57. The standard InChI is InChI=1S/C30H32N2O4/c1-8-36-30(34)28-22(6)32(24-10-12-25(35-7)13-11-24)29(33)26(28)17-23-16-20(4)31(21(23)5)27-14-9-18(2)15-19(27)3/h9-17H,8H2,1-7H3/b26-17-. The van der Waals surface area contributed by atoms with Crippen LogP contribution in [0.25, 0.3) is 11.8 Å². The summed E-state index contributed by atoms with van der Waals surface area (Å²) in [7, 11) is 1.59. The van der Waals surface area contributed by atoms with Crippen LogP contribution in [0.5, 0.6) is 5.75 Å². The van der Waals surface area contributed by atoms with E-state index in [1.54, 1.807) is 50.1 Å². The van der Waals surface area contributed by atoms with Crippen LogP contribution in [0.2, 0.25) is 0 Å². The van der Waals surface area contributed by atoms with Gasteiger partial charge in [0.15, 0.2) is 0 Å². The number of ether oxygens (including phenoxy) is 2. The van der Waals surface area contributed by atoms with Gasteiger partial charge < -0.3 is 14.0 Å². The quantitative estimate of drug-likeness (QED) is 0.319. The van der Waals surface area contributed by atoms with Crippen molar-refractivity contribution >= 4 is 23.6 Å². The predicted molar refractivity (Wildman–Crippen MR) is 143 cm³/mol. The minimum absolute atomic E-state index is 0.223. The van der Waals surface area contributed by atoms with Crippen LogP contribution < -0.4 is 9.64 Å². The fourth-order valence-electron chi connectivity index (χ4n) is 4.84. The summed E-state index contributed by atoms with van der Waals surface area (Å²) in [5.74, 6) is -0.0851. The molecule has 0 saturated heterocycles. The second-order valence-electron chi connectivity index (χ2n) is 9.03. The van der Waals surface area contributed by atoms with Crippen LogP contribution in [-0.4, -0.2) is 30.2 Å². The number of hydrogen-bond acceptors (Lipinski definition) is 4. The molecule has 0 N–H and O–H groups in total. The highest BCUT2D eigenvalue weighted by molar-refractivity contribution is 6.23. The Morgan fingerprint density at radius 2 is 1.67 bits per heavy atom. The first kappa shape index (κ1) is 25.0. The molecule has 36 heavy (non-hydrogen) atoms. The number of allylic oxidation sites excluding steroid dienone is 1. The van der Waals surface area contributed by atoms with Crippen molar-refractivity contribution in [2.24, 2.45) is 0 Å². The minimum Gasteiger partial charge on any atom is -0.497 e. The molecule has 186 valence electrons. The van der Waals surface area contributed by atoms with Gasteiger partial charge in [-0.3, -0.25) is 9.69 Å². The summed E-state index contributed by atoms with van der Waals surface area (Å²) in [5, 5.41) is 0. The van der Waals surface area contributed by atoms with Crippen LogP contribution in [0.15, 0.2) is 65.4 Å². The summed E-state index contributed by atoms with van der Waals surface area (Å²) >= 11 is 0. The molecule has 0 fully saturated rings. The molecule has 0 radical (unpaired) electrons. The molecular formula is C30H32N2O4. The van der Waals surface area contributed by atoms with Gasteiger partial charge in [-0.1, -0.05) is 17.7 Å². The average molecular weight is 485 g/mol. The number of carbonyl (C=O) groups excluding carboxylic acids is 2. The molecule has 0 bridgehead atoms. The lowest BCUT2D eigenvalue weighted by atomic mass is 10.0. The lowest BCUT2D eigenvalue weighted by Gasteiger charge is -2.18. The number of anilines is 1. The van der Waals surface area contributed by atoms with Crippen LogP contribution in [0.1, 0.15) is 41.9 Å². The van der Waals surface area contributed by atoms with Crippen molar-refractivity contribution in [2.45, 2.75) is 41.5 Å². The fourth-order valence-corrected chi connectivity index (χ4v) is 4.84. The van der Waals surface area contributed by atoms with E-state index in [4.69, 9.17) is 9.47 Å². The monoisotopic (exact) mass is 484 g/mol. The molecule has 0 spiro atoms. The van der Waals surface area contributed by atoms with Gasteiger partial charge in [-0.05, 0) is 95.1 Å². The Labute approximate surface area is 212 Å². The second-order valence-corrected chi connectivity index (χ2v) is 9.03. The van der Waals surface area contributed by atoms with Gasteiger partial charge in [0.05, 0.1) is 24.9 Å². The van der Waals surface area contributed by atoms with Crippen LogP contribution in [-0.2, 0) is 14.3 Å². The summed E-state index contributed by atoms with van der Waals surface area (Å²) in [5.41, 5.74) is 8.18. The van der Waals surface area contributed by atoms with Crippen LogP contribution in [0.4, 0.5) is 5.69 Å². The normalized spacial score (nSPS) is 14.7. The van der Waals surface area contributed by atoms with Crippen LogP contribution in [0.3, 0.4) is 0 Å². The number of carbonyl (C=O) groups is 2. The summed E-state index contributed by atoms with van der Waals surface area (Å²) in [4.78, 5) is 28.3. The van der Waals surface area contributed by atoms with Gasteiger partial charge in [0.1, 0.15) is 5.75 Å². The number of amides is 1. The molecular weight excluding hydrogens is 452 g/mol. The number of methoxy groups -OCH3 is 1. The Morgan fingerprint density at radius 1 is 0.972 bits per heavy atom. The molecule has 4 rings (SSSR count). The molecule has 2 heterocycles. The SMILES string of the molecule is CCOC(=O)C1=C(C)N(c2ccc(OC)cc2)C(=O)/C1=C\c1cc(C)n(-c2ccc(C)cc2C)c1C. The smallest absolute Gasteiger partial charge is 0.340 e. The largest absolute Gasteiger partial charge is 0.497 e. The van der Waals surface area contributed by atoms with Crippen molar-refractivity contribution in [1.82, 2.24) is 4.57 Å². The summed E-state index contributed by atoms with van der Waals surface area (Å²) in [6.07, 6.45) is 1.81. The van der Waals surface area contributed by atoms with E-state index in [1.807, 2.05) is 26.0 Å². The highest BCUT2D eigenvalue weighted by atomic mass is 16.5. The number of aromatic nitrogens is 1. The van der Waals surface area contributed by atoms with E-state index >= 15 is 0 Å². The Morgan fingerprint density at radius 3 is 2.28 bits per heavy atom. The van der Waals surface area contributed by atoms with E-state index in [-0.39, 0.29) is 18.1 Å². The van der Waals surface area contributed by atoms with Crippen molar-refractivity contribution < 1.29 is 19.1 Å². The number of rotatable bonds is 6. The minimum atomic E-state index is -0.506. The topological polar surface area (TPSA) is 60.8 Å². The first-order chi connectivity index (χ1) is 17.2. The van der Waals surface area contributed by atoms with Crippen molar-refractivity contribution in [2.75, 3.05) is 18.6 Å². The first-order valence-corrected chi connectivity index (χ1v) is 12.0. The average Bonchev–Trinajstić information content (AvgIpc) is 3.25. The van der Waals surface area contributed by atoms with Gasteiger partial charge in [0.2, 0.25) is 0 Å². The lowest BCUT2D eigenvalue weighted by molar-refractivity contribution is -0.138. The predicted octanol–water partition coefficient (Wildman–Crippen LogP) is 5.99. The Balaban J connectivity index is 1.84. The van der Waals surface area contributed by atoms with Gasteiger partial charge in [-0.25, -0.2) is 4.79 Å². The maximum Gasteiger partial charge on any atom is 0.340 e. The summed E-state index contributed by atoms with van der Waals surface area (Å²) < 4.78 is 12.8. The number of hydrogen-bond donors (Lipinski definition) is 0. The van der Waals surface area contributed by atoms with Crippen molar-refractivity contribution in [1.29, 1.82) is 0 Å². The Bertz CT molecular complexity index is 1410. The highest BCUT2D eigenvalue weighted by Crippen LogP contribution is 2.37. The fraction of sp³-hybridized carbons (Fsp3) is 0.267. The maximum absolute atomic E-state index is 13.7. The zero-order chi connectivity index (χ0) is 26.1. The number of nitrogens with zero attached hydrogens (tertiary/aromatic N) is 2. The highest BCUT2D eigenvalue weighted by Gasteiger charge is 2.38. The van der Waals surface area contributed by atoms with Gasteiger partial charge in [-0.15, -0.1) is 0 Å². The first-order valence-electron chi connectivity index (χ1n) is 12.0. The zero-order valence-corrected chi connectivity index (χ0v) is 21.9. The molecule has 2 aromatic carbocycles. The zero-order valence-electron chi connectivity index (χ0n) is 21.9. The van der Waals surface area contributed by atoms with Gasteiger partial charge >= 0.3 is 5.97 Å². The molecule has 1 aliphatic heterocycles. The molecule has 6 heteroatoms. The van der Waals surface area contributed by atoms with Crippen molar-refractivity contribution in [3.8, 4) is 11.4 Å². The summed E-state index contributed by atoms with van der Waals surface area (Å²) in [6, 6.07) is 15.6. The van der Waals surface area contributed by atoms with Crippen molar-refractivity contribution in [3.63, 3.8) is 0 Å². The van der Waals surface area contributed by atoms with E-state index in [0.29, 0.717) is 22.7 Å². The summed E-state index contributed by atoms with van der Waals surface area (Å²) in [6.45, 7) is 12.0. The van der Waals surface area contributed by atoms with E-state index < -0.39 is 5.97 Å². The van der Waals surface area contributed by atoms with Gasteiger partial charge in [-0.2, -0.15) is 0 Å². The maximum atomic E-state index is 13.7. The second kappa shape index (κ2) is 9.90. The van der Waals surface area contributed by atoms with Gasteiger partial charge in [0, 0.05) is 28.5 Å². The third kappa shape index (κ3) is 4.35. The molecule has 1 amide bonds. The molecule has 3 aromatic rings. The van der Waals surface area contributed by atoms with E-state index in [9.17, 15) is 9.59 Å². The number of aryl methyl sites for hydroxylation is 3. The van der Waals surface area contributed by atoms with Crippen LogP contribution >= 0.6 is 0 Å². The molecule has 1 aromatic heterocycles.